The van der Waals surface area contributed by atoms with Gasteiger partial charge in [-0.15, -0.1) is 0 Å². The Morgan fingerprint density at radius 1 is 1.14 bits per heavy atom. The van der Waals surface area contributed by atoms with Gasteiger partial charge in [-0.2, -0.15) is 0 Å². The maximum absolute atomic E-state index is 12.9. The number of thioether (sulfide) groups is 1. The molecule has 9 nitrogen and oxygen atoms in total. The predicted molar refractivity (Wildman–Crippen MR) is 134 cm³/mol. The predicted octanol–water partition coefficient (Wildman–Crippen LogP) is 5.13. The first kappa shape index (κ1) is 23.8. The number of rotatable bonds is 5. The number of non-ortho nitro benzene ring substituents is 1. The van der Waals surface area contributed by atoms with Gasteiger partial charge >= 0.3 is 0 Å². The molecule has 0 atom stereocenters. The van der Waals surface area contributed by atoms with E-state index in [0.29, 0.717) is 18.7 Å². The Morgan fingerprint density at radius 2 is 1.92 bits per heavy atom. The van der Waals surface area contributed by atoms with Gasteiger partial charge in [-0.3, -0.25) is 29.4 Å². The molecule has 2 aromatic carbocycles. The zero-order chi connectivity index (χ0) is 25.4. The van der Waals surface area contributed by atoms with Crippen molar-refractivity contribution in [2.24, 2.45) is 0 Å². The first-order valence-corrected chi connectivity index (χ1v) is 12.1. The number of hydrogen-bond acceptors (Lipinski definition) is 7. The van der Waals surface area contributed by atoms with Crippen LogP contribution in [0.15, 0.2) is 63.9 Å². The summed E-state index contributed by atoms with van der Waals surface area (Å²) in [4.78, 5) is 51.5. The van der Waals surface area contributed by atoms with Crippen molar-refractivity contribution in [2.75, 3.05) is 13.1 Å². The molecule has 3 heterocycles. The molecule has 182 valence electrons. The maximum atomic E-state index is 12.9. The highest BCUT2D eigenvalue weighted by Gasteiger charge is 2.37. The third kappa shape index (κ3) is 4.65. The lowest BCUT2D eigenvalue weighted by atomic mass is 10.00. The lowest BCUT2D eigenvalue weighted by Gasteiger charge is -2.29. The number of amides is 3. The topological polar surface area (TPSA) is 114 Å². The van der Waals surface area contributed by atoms with E-state index in [4.69, 9.17) is 16.0 Å². The average Bonchev–Trinajstić information content (AvgIpc) is 3.43. The summed E-state index contributed by atoms with van der Waals surface area (Å²) >= 11 is 6.89. The van der Waals surface area contributed by atoms with Gasteiger partial charge in [0.15, 0.2) is 0 Å². The van der Waals surface area contributed by atoms with E-state index < -0.39 is 16.1 Å². The smallest absolute Gasteiger partial charge is 0.294 e. The quantitative estimate of drug-likeness (QED) is 0.259. The molecular formula is C25H18ClN3O6S. The van der Waals surface area contributed by atoms with Crippen LogP contribution in [0.2, 0.25) is 5.02 Å². The van der Waals surface area contributed by atoms with Crippen LogP contribution in [0, 0.1) is 10.1 Å². The van der Waals surface area contributed by atoms with Crippen molar-refractivity contribution in [3.05, 3.63) is 91.5 Å². The number of furan rings is 1. The van der Waals surface area contributed by atoms with Crippen LogP contribution in [0.5, 0.6) is 0 Å². The maximum Gasteiger partial charge on any atom is 0.294 e. The van der Waals surface area contributed by atoms with Gasteiger partial charge in [0.2, 0.25) is 5.91 Å². The number of carbonyl (C=O) groups excluding carboxylic acids is 3. The summed E-state index contributed by atoms with van der Waals surface area (Å²) in [6.07, 6.45) is 2.13. The average molecular weight is 524 g/mol. The Balaban J connectivity index is 1.29. The van der Waals surface area contributed by atoms with E-state index in [1.165, 1.54) is 29.8 Å². The van der Waals surface area contributed by atoms with Crippen LogP contribution in [0.3, 0.4) is 0 Å². The SMILES string of the molecule is O=C(CN1C(=O)S/C(=C/c2ccc(-c3cc([N+](=O)[O-])ccc3Cl)o2)C1=O)N1CCc2ccccc2C1. The highest BCUT2D eigenvalue weighted by atomic mass is 35.5. The molecule has 2 aliphatic rings. The Labute approximate surface area is 214 Å². The summed E-state index contributed by atoms with van der Waals surface area (Å²) in [5.74, 6) is -0.345. The van der Waals surface area contributed by atoms with E-state index in [1.807, 2.05) is 24.3 Å². The van der Waals surface area contributed by atoms with Crippen LogP contribution in [-0.2, 0) is 22.6 Å². The second-order valence-corrected chi connectivity index (χ2v) is 9.63. The van der Waals surface area contributed by atoms with Gasteiger partial charge in [-0.05, 0) is 47.5 Å². The molecule has 0 saturated carbocycles. The van der Waals surface area contributed by atoms with E-state index in [0.717, 1.165) is 28.6 Å². The van der Waals surface area contributed by atoms with Crippen molar-refractivity contribution in [3.8, 4) is 11.3 Å². The standard InChI is InChI=1S/C25H18ClN3O6S/c26-20-7-5-17(29(33)34)11-19(20)21-8-6-18(35-21)12-22-24(31)28(25(32)36-22)14-23(30)27-10-9-15-3-1-2-4-16(15)13-27/h1-8,11-12H,9-10,13-14H2/b22-12+. The number of carbonyl (C=O) groups is 3. The Morgan fingerprint density at radius 3 is 2.69 bits per heavy atom. The Hall–Kier alpha value is -3.89. The molecule has 0 spiro atoms. The molecule has 11 heteroatoms. The van der Waals surface area contributed by atoms with Gasteiger partial charge in [0.05, 0.1) is 14.9 Å². The van der Waals surface area contributed by atoms with Gasteiger partial charge in [-0.1, -0.05) is 35.9 Å². The van der Waals surface area contributed by atoms with E-state index in [1.54, 1.807) is 17.0 Å². The van der Waals surface area contributed by atoms with Crippen LogP contribution in [0.1, 0.15) is 16.9 Å². The van der Waals surface area contributed by atoms with E-state index in [-0.39, 0.29) is 39.6 Å². The highest BCUT2D eigenvalue weighted by Crippen LogP contribution is 2.36. The number of benzene rings is 2. The lowest BCUT2D eigenvalue weighted by molar-refractivity contribution is -0.384. The minimum atomic E-state index is -0.581. The van der Waals surface area contributed by atoms with Gasteiger partial charge in [0.25, 0.3) is 16.8 Å². The van der Waals surface area contributed by atoms with Crippen molar-refractivity contribution in [2.45, 2.75) is 13.0 Å². The minimum Gasteiger partial charge on any atom is -0.457 e. The van der Waals surface area contributed by atoms with Crippen LogP contribution < -0.4 is 0 Å². The number of halogens is 1. The third-order valence-corrected chi connectivity index (χ3v) is 7.21. The zero-order valence-electron chi connectivity index (χ0n) is 18.7. The van der Waals surface area contributed by atoms with Gasteiger partial charge in [0, 0.05) is 36.9 Å². The summed E-state index contributed by atoms with van der Waals surface area (Å²) in [6, 6.07) is 15.0. The lowest BCUT2D eigenvalue weighted by Crippen LogP contribution is -2.44. The van der Waals surface area contributed by atoms with Crippen LogP contribution in [0.4, 0.5) is 10.5 Å². The molecule has 0 unspecified atom stereocenters. The minimum absolute atomic E-state index is 0.114. The number of hydrogen-bond donors (Lipinski definition) is 0. The molecule has 2 aliphatic heterocycles. The van der Waals surface area contributed by atoms with E-state index in [9.17, 15) is 24.5 Å². The summed E-state index contributed by atoms with van der Waals surface area (Å²) in [5.41, 5.74) is 2.44. The highest BCUT2D eigenvalue weighted by molar-refractivity contribution is 8.18. The van der Waals surface area contributed by atoms with E-state index in [2.05, 4.69) is 0 Å². The fraction of sp³-hybridized carbons (Fsp3) is 0.160. The summed E-state index contributed by atoms with van der Waals surface area (Å²) < 4.78 is 5.72. The molecule has 5 rings (SSSR count). The van der Waals surface area contributed by atoms with E-state index >= 15 is 0 Å². The fourth-order valence-electron chi connectivity index (χ4n) is 4.10. The molecule has 1 saturated heterocycles. The first-order valence-electron chi connectivity index (χ1n) is 10.9. The van der Waals surface area contributed by atoms with Crippen molar-refractivity contribution in [3.63, 3.8) is 0 Å². The fourth-order valence-corrected chi connectivity index (χ4v) is 5.13. The molecule has 3 aromatic rings. The van der Waals surface area contributed by atoms with Gasteiger partial charge < -0.3 is 9.32 Å². The number of nitro groups is 1. The van der Waals surface area contributed by atoms with Crippen molar-refractivity contribution >= 4 is 52.2 Å². The number of nitrogens with zero attached hydrogens (tertiary/aromatic N) is 3. The first-order chi connectivity index (χ1) is 17.3. The second kappa shape index (κ2) is 9.63. The summed E-state index contributed by atoms with van der Waals surface area (Å²) in [6.45, 7) is 0.630. The Bertz CT molecular complexity index is 1450. The summed E-state index contributed by atoms with van der Waals surface area (Å²) in [5, 5.41) is 10.8. The van der Waals surface area contributed by atoms with Crippen molar-refractivity contribution in [1.29, 1.82) is 0 Å². The normalized spacial score (nSPS) is 16.5. The number of fused-ring (bicyclic) bond motifs is 1. The molecule has 0 N–H and O–H groups in total. The number of imide groups is 1. The van der Waals surface area contributed by atoms with Crippen molar-refractivity contribution in [1.82, 2.24) is 9.80 Å². The largest absolute Gasteiger partial charge is 0.457 e. The molecule has 1 aromatic heterocycles. The molecule has 1 fully saturated rings. The van der Waals surface area contributed by atoms with Crippen molar-refractivity contribution < 1.29 is 23.7 Å². The van der Waals surface area contributed by atoms with Crippen LogP contribution in [-0.4, -0.2) is 44.9 Å². The van der Waals surface area contributed by atoms with Crippen LogP contribution in [0.25, 0.3) is 17.4 Å². The van der Waals surface area contributed by atoms with Gasteiger partial charge in [0.1, 0.15) is 18.1 Å². The monoisotopic (exact) mass is 523 g/mol. The van der Waals surface area contributed by atoms with Crippen LogP contribution >= 0.6 is 23.4 Å². The molecule has 3 amide bonds. The van der Waals surface area contributed by atoms with Gasteiger partial charge in [-0.25, -0.2) is 0 Å². The molecule has 0 radical (unpaired) electrons. The zero-order valence-corrected chi connectivity index (χ0v) is 20.3. The third-order valence-electron chi connectivity index (χ3n) is 5.98. The molecule has 0 aliphatic carbocycles. The second-order valence-electron chi connectivity index (χ2n) is 8.23. The summed E-state index contributed by atoms with van der Waals surface area (Å²) in [7, 11) is 0. The molecule has 36 heavy (non-hydrogen) atoms. The number of nitro benzene ring substituents is 1. The molecule has 0 bridgehead atoms. The molecular weight excluding hydrogens is 506 g/mol. The Kier molecular flexibility index (Phi) is 6.38.